The predicted molar refractivity (Wildman–Crippen MR) is 126 cm³/mol. The summed E-state index contributed by atoms with van der Waals surface area (Å²) in [5.74, 6) is -0.935. The van der Waals surface area contributed by atoms with Crippen LogP contribution in [0.2, 0.25) is 0 Å². The van der Waals surface area contributed by atoms with E-state index in [2.05, 4.69) is 6.92 Å². The summed E-state index contributed by atoms with van der Waals surface area (Å²) < 4.78 is 11.0. The van der Waals surface area contributed by atoms with Crippen molar-refractivity contribution in [3.63, 3.8) is 0 Å². The number of esters is 2. The summed E-state index contributed by atoms with van der Waals surface area (Å²) in [6.45, 7) is 8.11. The van der Waals surface area contributed by atoms with Crippen LogP contribution in [0.25, 0.3) is 0 Å². The highest BCUT2D eigenvalue weighted by Gasteiger charge is 2.25. The molecule has 0 radical (unpaired) electrons. The molecule has 0 fully saturated rings. The van der Waals surface area contributed by atoms with Gasteiger partial charge in [0.25, 0.3) is 0 Å². The van der Waals surface area contributed by atoms with Gasteiger partial charge in [0.15, 0.2) is 0 Å². The van der Waals surface area contributed by atoms with E-state index in [1.807, 2.05) is 20.8 Å². The minimum absolute atomic E-state index is 0.0539. The molecule has 0 spiro atoms. The van der Waals surface area contributed by atoms with E-state index in [0.29, 0.717) is 24.8 Å². The van der Waals surface area contributed by atoms with Crippen LogP contribution in [-0.2, 0) is 20.7 Å². The number of aromatic hydroxyl groups is 1. The van der Waals surface area contributed by atoms with E-state index in [1.165, 1.54) is 12.5 Å². The van der Waals surface area contributed by atoms with Crippen molar-refractivity contribution >= 4 is 11.9 Å². The van der Waals surface area contributed by atoms with Crippen molar-refractivity contribution in [3.8, 4) is 5.75 Å². The van der Waals surface area contributed by atoms with E-state index in [-0.39, 0.29) is 36.2 Å². The molecule has 0 amide bonds. The van der Waals surface area contributed by atoms with Crippen molar-refractivity contribution in [1.82, 2.24) is 0 Å². The summed E-state index contributed by atoms with van der Waals surface area (Å²) in [6.07, 6.45) is 6.37. The molecule has 0 bridgehead atoms. The van der Waals surface area contributed by atoms with E-state index in [4.69, 9.17) is 9.47 Å². The van der Waals surface area contributed by atoms with Crippen LogP contribution in [0.1, 0.15) is 101 Å². The van der Waals surface area contributed by atoms with Crippen molar-refractivity contribution in [1.29, 1.82) is 0 Å². The summed E-state index contributed by atoms with van der Waals surface area (Å²) in [5, 5.41) is 20.7. The van der Waals surface area contributed by atoms with Crippen LogP contribution in [0.3, 0.4) is 0 Å². The van der Waals surface area contributed by atoms with Gasteiger partial charge in [-0.15, -0.1) is 0 Å². The predicted octanol–water partition coefficient (Wildman–Crippen LogP) is 5.57. The van der Waals surface area contributed by atoms with Crippen molar-refractivity contribution in [2.75, 3.05) is 6.61 Å². The molecular weight excluding hydrogens is 408 g/mol. The number of ether oxygens (including phenoxy) is 2. The van der Waals surface area contributed by atoms with Gasteiger partial charge in [0.05, 0.1) is 12.7 Å². The highest BCUT2D eigenvalue weighted by Crippen LogP contribution is 2.25. The third kappa shape index (κ3) is 10.0. The number of phenolic OH excluding ortho intramolecular Hbond substituents is 1. The van der Waals surface area contributed by atoms with Crippen molar-refractivity contribution in [2.45, 2.75) is 104 Å². The molecule has 6 heteroatoms. The van der Waals surface area contributed by atoms with Crippen LogP contribution in [0.15, 0.2) is 18.2 Å². The number of benzene rings is 1. The number of aryl methyl sites for hydroxylation is 1. The Balaban J connectivity index is 2.69. The molecule has 1 aromatic rings. The normalized spacial score (nSPS) is 13.9. The lowest BCUT2D eigenvalue weighted by Gasteiger charge is -2.24. The number of aliphatic hydroxyl groups excluding tert-OH is 1. The Morgan fingerprint density at radius 3 is 2.44 bits per heavy atom. The zero-order valence-electron chi connectivity index (χ0n) is 20.3. The second-order valence-electron chi connectivity index (χ2n) is 8.55. The zero-order chi connectivity index (χ0) is 23.9. The van der Waals surface area contributed by atoms with Crippen LogP contribution >= 0.6 is 0 Å². The van der Waals surface area contributed by atoms with E-state index in [1.54, 1.807) is 12.1 Å². The second kappa shape index (κ2) is 15.7. The SMILES string of the molecule is CCCCCCCC(=O)OCCC(CC(O)C(C)CC)OC(=O)c1c(O)cccc1CC. The number of hydrogen-bond donors (Lipinski definition) is 2. The molecule has 1 aromatic carbocycles. The molecule has 0 saturated heterocycles. The van der Waals surface area contributed by atoms with Crippen LogP contribution in [0.4, 0.5) is 0 Å². The molecule has 0 saturated carbocycles. The van der Waals surface area contributed by atoms with Crippen LogP contribution < -0.4 is 0 Å². The molecule has 1 rings (SSSR count). The molecule has 0 aliphatic rings. The summed E-state index contributed by atoms with van der Waals surface area (Å²) in [6, 6.07) is 4.93. The first-order valence-corrected chi connectivity index (χ1v) is 12.2. The molecule has 0 aliphatic heterocycles. The summed E-state index contributed by atoms with van der Waals surface area (Å²) >= 11 is 0. The summed E-state index contributed by atoms with van der Waals surface area (Å²) in [4.78, 5) is 24.8. The topological polar surface area (TPSA) is 93.1 Å². The maximum absolute atomic E-state index is 12.8. The lowest BCUT2D eigenvalue weighted by atomic mass is 9.96. The third-order valence-corrected chi connectivity index (χ3v) is 5.98. The Morgan fingerprint density at radius 1 is 1.06 bits per heavy atom. The van der Waals surface area contributed by atoms with Gasteiger partial charge in [-0.25, -0.2) is 4.79 Å². The van der Waals surface area contributed by atoms with Gasteiger partial charge in [0.1, 0.15) is 17.4 Å². The third-order valence-electron chi connectivity index (χ3n) is 5.98. The number of carbonyl (C=O) groups excluding carboxylic acids is 2. The number of phenols is 1. The van der Waals surface area contributed by atoms with Gasteiger partial charge in [-0.2, -0.15) is 0 Å². The number of rotatable bonds is 16. The number of carbonyl (C=O) groups is 2. The molecular formula is C26H42O6. The zero-order valence-corrected chi connectivity index (χ0v) is 20.3. The number of unbranched alkanes of at least 4 members (excludes halogenated alkanes) is 4. The standard InChI is InChI=1S/C26H42O6/c1-5-8-9-10-11-15-24(29)31-17-16-21(18-23(28)19(4)6-2)32-26(30)25-20(7-3)13-12-14-22(25)27/h12-14,19,21,23,27-28H,5-11,15-18H2,1-4H3. The fraction of sp³-hybridized carbons (Fsp3) is 0.692. The monoisotopic (exact) mass is 450 g/mol. The van der Waals surface area contributed by atoms with Gasteiger partial charge in [-0.05, 0) is 30.4 Å². The summed E-state index contributed by atoms with van der Waals surface area (Å²) in [7, 11) is 0. The van der Waals surface area contributed by atoms with Crippen LogP contribution in [-0.4, -0.2) is 41.0 Å². The van der Waals surface area contributed by atoms with E-state index < -0.39 is 18.2 Å². The molecule has 0 heterocycles. The first-order chi connectivity index (χ1) is 15.3. The molecule has 3 unspecified atom stereocenters. The van der Waals surface area contributed by atoms with Crippen LogP contribution in [0.5, 0.6) is 5.75 Å². The minimum atomic E-state index is -0.637. The van der Waals surface area contributed by atoms with Gasteiger partial charge in [-0.3, -0.25) is 4.79 Å². The fourth-order valence-electron chi connectivity index (χ4n) is 3.58. The Labute approximate surface area is 193 Å². The molecule has 2 N–H and O–H groups in total. The highest BCUT2D eigenvalue weighted by atomic mass is 16.6. The minimum Gasteiger partial charge on any atom is -0.507 e. The Kier molecular flexibility index (Phi) is 13.7. The number of aliphatic hydroxyl groups is 1. The van der Waals surface area contributed by atoms with E-state index in [0.717, 1.165) is 32.1 Å². The first kappa shape index (κ1) is 28.0. The molecule has 0 aliphatic carbocycles. The lowest BCUT2D eigenvalue weighted by Crippen LogP contribution is -2.29. The Morgan fingerprint density at radius 2 is 1.78 bits per heavy atom. The smallest absolute Gasteiger partial charge is 0.342 e. The molecule has 3 atom stereocenters. The first-order valence-electron chi connectivity index (χ1n) is 12.2. The quantitative estimate of drug-likeness (QED) is 0.253. The summed E-state index contributed by atoms with van der Waals surface area (Å²) in [5.41, 5.74) is 0.854. The van der Waals surface area contributed by atoms with Gasteiger partial charge < -0.3 is 19.7 Å². The van der Waals surface area contributed by atoms with Crippen molar-refractivity contribution in [3.05, 3.63) is 29.3 Å². The second-order valence-corrected chi connectivity index (χ2v) is 8.55. The lowest BCUT2D eigenvalue weighted by molar-refractivity contribution is -0.144. The largest absolute Gasteiger partial charge is 0.507 e. The van der Waals surface area contributed by atoms with E-state index >= 15 is 0 Å². The van der Waals surface area contributed by atoms with E-state index in [9.17, 15) is 19.8 Å². The maximum atomic E-state index is 12.8. The van der Waals surface area contributed by atoms with Gasteiger partial charge in [0, 0.05) is 19.3 Å². The van der Waals surface area contributed by atoms with Crippen molar-refractivity contribution in [2.24, 2.45) is 5.92 Å². The molecule has 6 nitrogen and oxygen atoms in total. The van der Waals surface area contributed by atoms with Gasteiger partial charge in [-0.1, -0.05) is 71.9 Å². The van der Waals surface area contributed by atoms with Crippen LogP contribution in [0, 0.1) is 5.92 Å². The number of hydrogen-bond acceptors (Lipinski definition) is 6. The van der Waals surface area contributed by atoms with Crippen molar-refractivity contribution < 1.29 is 29.3 Å². The Bertz CT molecular complexity index is 687. The van der Waals surface area contributed by atoms with Gasteiger partial charge in [0.2, 0.25) is 0 Å². The molecule has 182 valence electrons. The molecule has 0 aromatic heterocycles. The molecule has 32 heavy (non-hydrogen) atoms. The maximum Gasteiger partial charge on any atom is 0.342 e. The average molecular weight is 451 g/mol. The average Bonchev–Trinajstić information content (AvgIpc) is 2.77. The fourth-order valence-corrected chi connectivity index (χ4v) is 3.58. The van der Waals surface area contributed by atoms with Gasteiger partial charge >= 0.3 is 11.9 Å². The highest BCUT2D eigenvalue weighted by molar-refractivity contribution is 5.94. The Hall–Kier alpha value is -2.08.